The number of carbonyl (C=O) groups excluding carboxylic acids is 2. The molecule has 184 valence electrons. The van der Waals surface area contributed by atoms with Gasteiger partial charge in [0.15, 0.2) is 11.5 Å². The SMILES string of the molecule is C[C@@H]1COCCN1c1cc(-c2ccc(N3C(=O)C(=O)c4cscc43)cc2)c2cnn(-c3ccn[nH]3)c2n1. The minimum Gasteiger partial charge on any atom is -0.377 e. The molecular formula is C26H21N7O3S. The van der Waals surface area contributed by atoms with Gasteiger partial charge >= 0.3 is 5.91 Å². The highest BCUT2D eigenvalue weighted by molar-refractivity contribution is 7.09. The zero-order valence-electron chi connectivity index (χ0n) is 19.8. The van der Waals surface area contributed by atoms with Crippen LogP contribution in [0.25, 0.3) is 28.0 Å². The number of anilines is 3. The molecule has 5 aromatic rings. The number of aromatic amines is 1. The summed E-state index contributed by atoms with van der Waals surface area (Å²) >= 11 is 1.41. The molecule has 7 rings (SSSR count). The number of H-pyrrole nitrogens is 1. The number of amides is 1. The zero-order valence-corrected chi connectivity index (χ0v) is 20.6. The lowest BCUT2D eigenvalue weighted by molar-refractivity contribution is -0.113. The van der Waals surface area contributed by atoms with Gasteiger partial charge in [0.2, 0.25) is 0 Å². The van der Waals surface area contributed by atoms with Gasteiger partial charge in [0.25, 0.3) is 5.78 Å². The molecule has 0 spiro atoms. The lowest BCUT2D eigenvalue weighted by Crippen LogP contribution is -2.44. The van der Waals surface area contributed by atoms with Gasteiger partial charge in [-0.1, -0.05) is 12.1 Å². The second-order valence-corrected chi connectivity index (χ2v) is 9.81. The van der Waals surface area contributed by atoms with Crippen LogP contribution in [0.4, 0.5) is 17.2 Å². The maximum Gasteiger partial charge on any atom is 0.304 e. The summed E-state index contributed by atoms with van der Waals surface area (Å²) in [6.07, 6.45) is 3.49. The Balaban J connectivity index is 1.35. The maximum absolute atomic E-state index is 12.7. The minimum absolute atomic E-state index is 0.177. The van der Waals surface area contributed by atoms with Crippen LogP contribution >= 0.6 is 11.3 Å². The fraction of sp³-hybridized carbons (Fsp3) is 0.192. The number of hydrogen-bond acceptors (Lipinski definition) is 8. The van der Waals surface area contributed by atoms with Crippen LogP contribution < -0.4 is 9.80 Å². The summed E-state index contributed by atoms with van der Waals surface area (Å²) < 4.78 is 7.40. The Hall–Kier alpha value is -4.35. The molecule has 1 fully saturated rings. The third-order valence-electron chi connectivity index (χ3n) is 6.86. The van der Waals surface area contributed by atoms with Gasteiger partial charge in [-0.25, -0.2) is 4.98 Å². The number of rotatable bonds is 4. The van der Waals surface area contributed by atoms with Crippen molar-refractivity contribution in [3.05, 3.63) is 65.1 Å². The van der Waals surface area contributed by atoms with Gasteiger partial charge in [0.05, 0.1) is 42.9 Å². The van der Waals surface area contributed by atoms with Gasteiger partial charge in [0.1, 0.15) is 5.82 Å². The highest BCUT2D eigenvalue weighted by atomic mass is 32.1. The fourth-order valence-corrected chi connectivity index (χ4v) is 5.78. The molecular weight excluding hydrogens is 490 g/mol. The third kappa shape index (κ3) is 3.39. The predicted molar refractivity (Wildman–Crippen MR) is 140 cm³/mol. The van der Waals surface area contributed by atoms with Crippen LogP contribution in [-0.4, -0.2) is 62.5 Å². The second kappa shape index (κ2) is 8.36. The number of aromatic nitrogens is 5. The van der Waals surface area contributed by atoms with Crippen molar-refractivity contribution in [2.75, 3.05) is 29.6 Å². The van der Waals surface area contributed by atoms with E-state index in [1.54, 1.807) is 22.5 Å². The topological polar surface area (TPSA) is 109 Å². The smallest absolute Gasteiger partial charge is 0.304 e. The first-order valence-electron chi connectivity index (χ1n) is 11.9. The van der Waals surface area contributed by atoms with Crippen LogP contribution in [0.2, 0.25) is 0 Å². The van der Waals surface area contributed by atoms with Crippen LogP contribution in [-0.2, 0) is 9.53 Å². The van der Waals surface area contributed by atoms with Crippen LogP contribution in [0.1, 0.15) is 17.3 Å². The molecule has 2 aliphatic rings. The first kappa shape index (κ1) is 21.9. The molecule has 0 unspecified atom stereocenters. The third-order valence-corrected chi connectivity index (χ3v) is 7.60. The summed E-state index contributed by atoms with van der Waals surface area (Å²) in [5.41, 5.74) is 4.39. The van der Waals surface area contributed by atoms with E-state index in [4.69, 9.17) is 9.72 Å². The number of hydrogen-bond donors (Lipinski definition) is 1. The summed E-state index contributed by atoms with van der Waals surface area (Å²) in [6.45, 7) is 4.14. The van der Waals surface area contributed by atoms with Gasteiger partial charge in [-0.05, 0) is 36.2 Å². The number of ketones is 1. The Morgan fingerprint density at radius 3 is 2.76 bits per heavy atom. The molecule has 0 bridgehead atoms. The number of ether oxygens (including phenoxy) is 1. The van der Waals surface area contributed by atoms with E-state index in [1.807, 2.05) is 35.7 Å². The van der Waals surface area contributed by atoms with Gasteiger partial charge in [-0.15, -0.1) is 11.3 Å². The monoisotopic (exact) mass is 511 g/mol. The van der Waals surface area contributed by atoms with Crippen molar-refractivity contribution < 1.29 is 14.3 Å². The summed E-state index contributed by atoms with van der Waals surface area (Å²) in [5.74, 6) is 0.569. The standard InChI is InChI=1S/C26H21N7O3S/c1-15-12-36-9-8-31(15)23-10-18(19-11-28-33(25(19)29-23)22-6-7-27-30-22)16-2-4-17(5-3-16)32-21-14-37-13-20(21)24(34)26(32)35/h2-7,10-11,13-15H,8-9,12H2,1H3,(H,27,30)/t15-/m1/s1. The molecule has 2 aliphatic heterocycles. The van der Waals surface area contributed by atoms with Crippen molar-refractivity contribution in [1.29, 1.82) is 0 Å². The van der Waals surface area contributed by atoms with E-state index in [2.05, 4.69) is 33.2 Å². The molecule has 0 aliphatic carbocycles. The van der Waals surface area contributed by atoms with Gasteiger partial charge in [-0.2, -0.15) is 14.9 Å². The summed E-state index contributed by atoms with van der Waals surface area (Å²) in [6, 6.07) is 11.8. The van der Waals surface area contributed by atoms with Crippen LogP contribution in [0.5, 0.6) is 0 Å². The van der Waals surface area contributed by atoms with Gasteiger partial charge < -0.3 is 9.64 Å². The highest BCUT2D eigenvalue weighted by Gasteiger charge is 2.37. The van der Waals surface area contributed by atoms with Crippen molar-refractivity contribution in [2.24, 2.45) is 0 Å². The predicted octanol–water partition coefficient (Wildman–Crippen LogP) is 3.96. The molecule has 1 saturated heterocycles. The molecule has 0 radical (unpaired) electrons. The van der Waals surface area contributed by atoms with E-state index < -0.39 is 11.7 Å². The lowest BCUT2D eigenvalue weighted by Gasteiger charge is -2.34. The van der Waals surface area contributed by atoms with Crippen molar-refractivity contribution in [2.45, 2.75) is 13.0 Å². The van der Waals surface area contributed by atoms with E-state index in [9.17, 15) is 9.59 Å². The van der Waals surface area contributed by atoms with Crippen molar-refractivity contribution in [1.82, 2.24) is 25.0 Å². The molecule has 10 nitrogen and oxygen atoms in total. The molecule has 6 heterocycles. The number of morpholine rings is 1. The van der Waals surface area contributed by atoms with Crippen LogP contribution in [0.15, 0.2) is 59.6 Å². The minimum atomic E-state index is -0.527. The number of nitrogens with zero attached hydrogens (tertiary/aromatic N) is 6. The second-order valence-electron chi connectivity index (χ2n) is 9.07. The average molecular weight is 512 g/mol. The van der Waals surface area contributed by atoms with E-state index in [0.717, 1.165) is 34.7 Å². The fourth-order valence-electron chi connectivity index (χ4n) is 4.99. The highest BCUT2D eigenvalue weighted by Crippen LogP contribution is 2.39. The van der Waals surface area contributed by atoms with Crippen LogP contribution in [0.3, 0.4) is 0 Å². The first-order valence-corrected chi connectivity index (χ1v) is 12.8. The Bertz CT molecular complexity index is 1660. The number of fused-ring (bicyclic) bond motifs is 2. The van der Waals surface area contributed by atoms with E-state index in [1.165, 1.54) is 16.2 Å². The maximum atomic E-state index is 12.7. The summed E-state index contributed by atoms with van der Waals surface area (Å²) in [5, 5.41) is 16.1. The van der Waals surface area contributed by atoms with Crippen molar-refractivity contribution >= 4 is 51.3 Å². The summed E-state index contributed by atoms with van der Waals surface area (Å²) in [4.78, 5) is 33.8. The Labute approximate surface area is 215 Å². The Morgan fingerprint density at radius 1 is 1.11 bits per heavy atom. The zero-order chi connectivity index (χ0) is 25.1. The number of carbonyl (C=O) groups is 2. The normalized spacial score (nSPS) is 17.7. The van der Waals surface area contributed by atoms with Crippen molar-refractivity contribution in [3.63, 3.8) is 0 Å². The largest absolute Gasteiger partial charge is 0.377 e. The molecule has 11 heteroatoms. The van der Waals surface area contributed by atoms with Gasteiger partial charge in [-0.3, -0.25) is 19.6 Å². The number of nitrogens with one attached hydrogen (secondary N) is 1. The lowest BCUT2D eigenvalue weighted by atomic mass is 10.0. The Morgan fingerprint density at radius 2 is 1.97 bits per heavy atom. The average Bonchev–Trinajstić information content (AvgIpc) is 3.71. The van der Waals surface area contributed by atoms with Crippen LogP contribution in [0, 0.1) is 0 Å². The quantitative estimate of drug-likeness (QED) is 0.364. The molecule has 4 aromatic heterocycles. The number of Topliss-reactive ketones (excluding diaryl/α,β-unsaturated/α-hetero) is 1. The molecule has 37 heavy (non-hydrogen) atoms. The first-order chi connectivity index (χ1) is 18.1. The molecule has 1 atom stereocenters. The molecule has 1 aromatic carbocycles. The molecule has 1 N–H and O–H groups in total. The molecule has 0 saturated carbocycles. The summed E-state index contributed by atoms with van der Waals surface area (Å²) in [7, 11) is 0. The Kier molecular flexibility index (Phi) is 4.94. The van der Waals surface area contributed by atoms with Crippen molar-refractivity contribution in [3.8, 4) is 16.9 Å². The van der Waals surface area contributed by atoms with E-state index in [-0.39, 0.29) is 6.04 Å². The van der Waals surface area contributed by atoms with E-state index >= 15 is 0 Å². The number of benzene rings is 1. The molecule has 1 amide bonds. The number of thiophene rings is 1. The number of pyridine rings is 1. The van der Waals surface area contributed by atoms with Gasteiger partial charge in [0, 0.05) is 34.4 Å². The van der Waals surface area contributed by atoms with E-state index in [0.29, 0.717) is 35.8 Å².